The Balaban J connectivity index is -0.000000232. The van der Waals surface area contributed by atoms with Gasteiger partial charge in [0.1, 0.15) is 0 Å². The molecule has 0 fully saturated rings. The van der Waals surface area contributed by atoms with Gasteiger partial charge in [0.2, 0.25) is 0 Å². The van der Waals surface area contributed by atoms with E-state index in [1.165, 1.54) is 14.2 Å². The summed E-state index contributed by atoms with van der Waals surface area (Å²) in [7, 11) is 2.65. The number of aliphatic hydroxyl groups excluding tert-OH is 1. The first-order chi connectivity index (χ1) is 14.2. The lowest BCUT2D eigenvalue weighted by Gasteiger charge is -2.19. The molecule has 0 bridgehead atoms. The molecule has 0 heterocycles. The van der Waals surface area contributed by atoms with Gasteiger partial charge in [-0.2, -0.15) is 0 Å². The fourth-order valence-electron chi connectivity index (χ4n) is 2.14. The molecule has 0 aliphatic carbocycles. The zero-order chi connectivity index (χ0) is 23.4. The number of aliphatic hydroxyl groups is 1. The highest BCUT2D eigenvalue weighted by atomic mass is 35.5. The molecule has 0 radical (unpaired) electrons. The fraction of sp³-hybridized carbons (Fsp3) is 0.789. The highest BCUT2D eigenvalue weighted by molar-refractivity contribution is 6.18. The van der Waals surface area contributed by atoms with Crippen molar-refractivity contribution in [2.75, 3.05) is 66.0 Å². The first kappa shape index (κ1) is 37.6. The minimum atomic E-state index is -0.889. The van der Waals surface area contributed by atoms with Gasteiger partial charge in [-0.15, -0.1) is 24.0 Å². The molecule has 0 aliphatic rings. The van der Waals surface area contributed by atoms with Crippen LogP contribution in [0.25, 0.3) is 0 Å². The summed E-state index contributed by atoms with van der Waals surface area (Å²) in [5.74, 6) is -2.01. The molecule has 3 N–H and O–H groups in total. The molecular formula is C19H38Cl2N2O9. The number of carbonyl (C=O) groups is 4. The third-order valence-electron chi connectivity index (χ3n) is 3.82. The monoisotopic (exact) mass is 508 g/mol. The summed E-state index contributed by atoms with van der Waals surface area (Å²) in [5, 5.41) is 25.7. The zero-order valence-electron chi connectivity index (χ0n) is 18.0. The molecule has 0 aromatic heterocycles. The Morgan fingerprint density at radius 3 is 1.34 bits per heavy atom. The molecule has 0 unspecified atom stereocenters. The highest BCUT2D eigenvalue weighted by Gasteiger charge is 2.10. The van der Waals surface area contributed by atoms with Crippen LogP contribution in [0.3, 0.4) is 0 Å². The quantitative estimate of drug-likeness (QED) is 0.201. The van der Waals surface area contributed by atoms with Crippen molar-refractivity contribution in [3.05, 3.63) is 0 Å². The van der Waals surface area contributed by atoms with E-state index >= 15 is 0 Å². The Bertz CT molecular complexity index is 473. The maximum Gasteiger partial charge on any atom is 0.306 e. The van der Waals surface area contributed by atoms with Crippen LogP contribution in [0.15, 0.2) is 0 Å². The molecule has 0 saturated heterocycles. The summed E-state index contributed by atoms with van der Waals surface area (Å²) < 4.78 is 9.01. The Morgan fingerprint density at radius 1 is 0.719 bits per heavy atom. The molecule has 0 atom stereocenters. The summed E-state index contributed by atoms with van der Waals surface area (Å²) in [4.78, 5) is 45.9. The van der Waals surface area contributed by atoms with Gasteiger partial charge in [-0.3, -0.25) is 24.1 Å². The number of carbonyl (C=O) groups excluding carboxylic acids is 2. The smallest absolute Gasteiger partial charge is 0.306 e. The maximum atomic E-state index is 10.9. The van der Waals surface area contributed by atoms with Crippen molar-refractivity contribution in [1.29, 1.82) is 0 Å². The molecule has 11 nitrogen and oxygen atoms in total. The summed E-state index contributed by atoms with van der Waals surface area (Å²) in [5.41, 5.74) is 0. The minimum Gasteiger partial charge on any atom is -0.481 e. The number of ether oxygens (including phenoxy) is 2. The predicted octanol–water partition coefficient (Wildman–Crippen LogP) is 0.941. The minimum absolute atomic E-state index is 0. The Kier molecular flexibility index (Phi) is 30.1. The van der Waals surface area contributed by atoms with E-state index in [2.05, 4.69) is 9.47 Å². The molecule has 13 heteroatoms. The second-order valence-electron chi connectivity index (χ2n) is 6.04. The van der Waals surface area contributed by atoms with Gasteiger partial charge >= 0.3 is 23.9 Å². The van der Waals surface area contributed by atoms with E-state index in [4.69, 9.17) is 26.9 Å². The van der Waals surface area contributed by atoms with Gasteiger partial charge in [0, 0.05) is 45.1 Å². The van der Waals surface area contributed by atoms with E-state index < -0.39 is 11.9 Å². The normalized spacial score (nSPS) is 9.69. The molecule has 0 aromatic rings. The number of methoxy groups -OCH3 is 2. The molecule has 0 amide bonds. The van der Waals surface area contributed by atoms with E-state index in [1.54, 1.807) is 4.90 Å². The van der Waals surface area contributed by atoms with E-state index in [1.807, 2.05) is 4.90 Å². The van der Waals surface area contributed by atoms with Gasteiger partial charge in [0.05, 0.1) is 46.5 Å². The van der Waals surface area contributed by atoms with Gasteiger partial charge < -0.3 is 29.7 Å². The van der Waals surface area contributed by atoms with Crippen molar-refractivity contribution in [3.63, 3.8) is 0 Å². The van der Waals surface area contributed by atoms with Crippen LogP contribution in [0.5, 0.6) is 0 Å². The number of halogens is 2. The number of aliphatic carboxylic acids is 2. The van der Waals surface area contributed by atoms with Gasteiger partial charge in [0.25, 0.3) is 0 Å². The van der Waals surface area contributed by atoms with Crippen LogP contribution < -0.4 is 0 Å². The molecule has 0 aromatic carbocycles. The first-order valence-electron chi connectivity index (χ1n) is 9.38. The summed E-state index contributed by atoms with van der Waals surface area (Å²) in [6.07, 6.45) is 0.516. The first-order valence-corrected chi connectivity index (χ1v) is 9.92. The Labute approximate surface area is 201 Å². The second kappa shape index (κ2) is 25.6. The average molecular weight is 509 g/mol. The topological polar surface area (TPSA) is 154 Å². The lowest BCUT2D eigenvalue weighted by atomic mass is 10.3. The summed E-state index contributed by atoms with van der Waals surface area (Å²) >= 11 is 5.49. The zero-order valence-corrected chi connectivity index (χ0v) is 19.5. The third kappa shape index (κ3) is 26.4. The van der Waals surface area contributed by atoms with E-state index in [0.717, 1.165) is 0 Å². The van der Waals surface area contributed by atoms with Crippen molar-refractivity contribution in [2.24, 2.45) is 0 Å². The molecule has 0 aliphatic heterocycles. The predicted molar refractivity (Wildman–Crippen MR) is 122 cm³/mol. The molecule has 0 rings (SSSR count). The Morgan fingerprint density at radius 2 is 1.06 bits per heavy atom. The number of carboxylic acid groups (broad SMARTS) is 2. The number of rotatable bonds is 16. The van der Waals surface area contributed by atoms with E-state index in [9.17, 15) is 19.2 Å². The Hall–Kier alpha value is -1.66. The average Bonchev–Trinajstić information content (AvgIpc) is 2.71. The lowest BCUT2D eigenvalue weighted by molar-refractivity contribution is -0.141. The largest absolute Gasteiger partial charge is 0.481 e. The van der Waals surface area contributed by atoms with Crippen molar-refractivity contribution in [3.8, 4) is 0 Å². The molecule has 0 saturated carbocycles. The standard InChI is InChI=1S/C10H19NO5.C8H14ClNO4.CH4.ClH/c1-15-9(13)3-5-11(7-8-12)6-4-10(14)16-2;9-3-6-10(4-1-7(11)12)5-2-8(13)14;;/h12H,3-8H2,1-2H3;1-6H2,(H,11,12)(H,13,14);1H4;1H. The van der Waals surface area contributed by atoms with E-state index in [-0.39, 0.29) is 64.1 Å². The SMILES string of the molecule is C.COC(=O)CCN(CCO)CCC(=O)OC.Cl.O=C(O)CCN(CCCl)CCC(=O)O. The van der Waals surface area contributed by atoms with Crippen molar-refractivity contribution in [2.45, 2.75) is 33.1 Å². The van der Waals surface area contributed by atoms with Gasteiger partial charge in [-0.1, -0.05) is 7.43 Å². The second-order valence-corrected chi connectivity index (χ2v) is 6.41. The van der Waals surface area contributed by atoms with E-state index in [0.29, 0.717) is 45.1 Å². The van der Waals surface area contributed by atoms with Crippen LogP contribution >= 0.6 is 24.0 Å². The van der Waals surface area contributed by atoms with Crippen LogP contribution in [0.4, 0.5) is 0 Å². The molecule has 32 heavy (non-hydrogen) atoms. The maximum absolute atomic E-state index is 10.9. The fourth-order valence-corrected chi connectivity index (χ4v) is 2.38. The van der Waals surface area contributed by atoms with Gasteiger partial charge in [0.15, 0.2) is 0 Å². The van der Waals surface area contributed by atoms with Crippen LogP contribution in [0, 0.1) is 0 Å². The van der Waals surface area contributed by atoms with Crippen molar-refractivity contribution >= 4 is 47.9 Å². The summed E-state index contributed by atoms with van der Waals surface area (Å²) in [6, 6.07) is 0. The van der Waals surface area contributed by atoms with Gasteiger partial charge in [-0.25, -0.2) is 0 Å². The number of hydrogen-bond donors (Lipinski definition) is 3. The summed E-state index contributed by atoms with van der Waals surface area (Å²) in [6.45, 7) is 2.54. The number of esters is 2. The lowest BCUT2D eigenvalue weighted by Crippen LogP contribution is -2.31. The van der Waals surface area contributed by atoms with Crippen molar-refractivity contribution in [1.82, 2.24) is 9.80 Å². The van der Waals surface area contributed by atoms with Crippen LogP contribution in [0.1, 0.15) is 33.1 Å². The van der Waals surface area contributed by atoms with Crippen LogP contribution in [-0.2, 0) is 28.7 Å². The number of nitrogens with zero attached hydrogens (tertiary/aromatic N) is 2. The number of hydrogen-bond acceptors (Lipinski definition) is 9. The number of alkyl halides is 1. The molecule has 0 spiro atoms. The number of carboxylic acids is 2. The van der Waals surface area contributed by atoms with Crippen molar-refractivity contribution < 1.29 is 44.0 Å². The van der Waals surface area contributed by atoms with Gasteiger partial charge in [-0.05, 0) is 0 Å². The van der Waals surface area contributed by atoms with Crippen LogP contribution in [0.2, 0.25) is 0 Å². The molecular weight excluding hydrogens is 471 g/mol. The third-order valence-corrected chi connectivity index (χ3v) is 3.99. The van der Waals surface area contributed by atoms with Crippen LogP contribution in [-0.4, -0.2) is 115 Å². The highest BCUT2D eigenvalue weighted by Crippen LogP contribution is 1.97. The molecule has 192 valence electrons.